The quantitative estimate of drug-likeness (QED) is 0.232. The maximum atomic E-state index is 12.7. The summed E-state index contributed by atoms with van der Waals surface area (Å²) >= 11 is 0. The molecular formula is C33H35N3O2. The largest absolute Gasteiger partial charge is 0.378 e. The average molecular weight is 506 g/mol. The Morgan fingerprint density at radius 3 is 1.03 bits per heavy atom. The summed E-state index contributed by atoms with van der Waals surface area (Å²) in [5.41, 5.74) is 7.61. The van der Waals surface area contributed by atoms with Crippen LogP contribution in [0, 0.1) is 0 Å². The number of nitrogens with zero attached hydrogens (tertiary/aromatic N) is 3. The lowest BCUT2D eigenvalue weighted by molar-refractivity contribution is 0.0985. The van der Waals surface area contributed by atoms with Gasteiger partial charge in [0.05, 0.1) is 0 Å². The molecule has 5 heteroatoms. The summed E-state index contributed by atoms with van der Waals surface area (Å²) in [5, 5.41) is 0. The van der Waals surface area contributed by atoms with Gasteiger partial charge in [0.25, 0.3) is 0 Å². The summed E-state index contributed by atoms with van der Waals surface area (Å²) in [6, 6.07) is 31.6. The molecule has 0 bridgehead atoms. The molecule has 0 fully saturated rings. The van der Waals surface area contributed by atoms with Gasteiger partial charge in [0.15, 0.2) is 11.6 Å². The first-order chi connectivity index (χ1) is 18.2. The Kier molecular flexibility index (Phi) is 8.27. The van der Waals surface area contributed by atoms with E-state index < -0.39 is 0 Å². The van der Waals surface area contributed by atoms with Gasteiger partial charge in [-0.15, -0.1) is 0 Å². The maximum Gasteiger partial charge on any atom is 0.167 e. The number of rotatable bonds is 10. The van der Waals surface area contributed by atoms with E-state index in [9.17, 15) is 9.59 Å². The first-order valence-corrected chi connectivity index (χ1v) is 12.7. The van der Waals surface area contributed by atoms with E-state index in [0.717, 1.165) is 45.0 Å². The van der Waals surface area contributed by atoms with E-state index in [2.05, 4.69) is 4.90 Å². The Labute approximate surface area is 225 Å². The minimum Gasteiger partial charge on any atom is -0.378 e. The fourth-order valence-electron chi connectivity index (χ4n) is 4.29. The van der Waals surface area contributed by atoms with Crippen LogP contribution in [0.25, 0.3) is 0 Å². The van der Waals surface area contributed by atoms with Gasteiger partial charge in [0, 0.05) is 82.0 Å². The van der Waals surface area contributed by atoms with E-state index in [1.165, 1.54) is 0 Å². The van der Waals surface area contributed by atoms with E-state index in [0.29, 0.717) is 12.8 Å². The number of ketones is 2. The van der Waals surface area contributed by atoms with Crippen molar-refractivity contribution in [2.75, 3.05) is 49.9 Å². The Morgan fingerprint density at radius 2 is 0.737 bits per heavy atom. The van der Waals surface area contributed by atoms with Crippen molar-refractivity contribution in [3.05, 3.63) is 119 Å². The molecule has 5 nitrogen and oxygen atoms in total. The zero-order valence-corrected chi connectivity index (χ0v) is 22.8. The van der Waals surface area contributed by atoms with Gasteiger partial charge >= 0.3 is 0 Å². The van der Waals surface area contributed by atoms with Crippen molar-refractivity contribution in [3.8, 4) is 0 Å². The van der Waals surface area contributed by atoms with Crippen LogP contribution in [0.1, 0.15) is 31.8 Å². The second-order valence-electron chi connectivity index (χ2n) is 9.97. The molecule has 0 spiro atoms. The van der Waals surface area contributed by atoms with Gasteiger partial charge in [-0.3, -0.25) is 9.59 Å². The van der Waals surface area contributed by atoms with Gasteiger partial charge < -0.3 is 14.7 Å². The Balaban J connectivity index is 1.35. The zero-order valence-electron chi connectivity index (χ0n) is 22.8. The third kappa shape index (κ3) is 6.48. The Hall–Kier alpha value is -4.38. The molecule has 38 heavy (non-hydrogen) atoms. The number of anilines is 4. The van der Waals surface area contributed by atoms with Gasteiger partial charge in [-0.1, -0.05) is 24.3 Å². The highest BCUT2D eigenvalue weighted by atomic mass is 16.1. The molecule has 4 aromatic rings. The van der Waals surface area contributed by atoms with E-state index >= 15 is 0 Å². The van der Waals surface area contributed by atoms with E-state index in [-0.39, 0.29) is 11.6 Å². The molecule has 0 aliphatic carbocycles. The van der Waals surface area contributed by atoms with Gasteiger partial charge in [-0.25, -0.2) is 0 Å². The van der Waals surface area contributed by atoms with Crippen LogP contribution in [0.5, 0.6) is 0 Å². The molecule has 0 atom stereocenters. The van der Waals surface area contributed by atoms with Crippen LogP contribution in [-0.4, -0.2) is 46.8 Å². The zero-order chi connectivity index (χ0) is 27.2. The number of carbonyl (C=O) groups excluding carboxylic acids is 2. The molecule has 0 unspecified atom stereocenters. The van der Waals surface area contributed by atoms with E-state index in [1.807, 2.05) is 142 Å². The van der Waals surface area contributed by atoms with E-state index in [1.54, 1.807) is 0 Å². The third-order valence-electron chi connectivity index (χ3n) is 6.79. The lowest BCUT2D eigenvalue weighted by atomic mass is 10.0. The lowest BCUT2D eigenvalue weighted by Gasteiger charge is -2.20. The molecule has 4 aromatic carbocycles. The lowest BCUT2D eigenvalue weighted by Crippen LogP contribution is -2.11. The molecule has 0 aliphatic heterocycles. The van der Waals surface area contributed by atoms with Crippen molar-refractivity contribution in [3.63, 3.8) is 0 Å². The standard InChI is InChI=1S/C33H35N3O2/c1-34(2)28-18-10-26(11-19-28)32(37)22-24-6-14-30(15-7-24)36(5)31-16-8-25(9-17-31)23-33(38)27-12-20-29(21-13-27)35(3)4/h6-21H,22-23H2,1-5H3. The first kappa shape index (κ1) is 26.7. The highest BCUT2D eigenvalue weighted by molar-refractivity contribution is 5.98. The predicted octanol–water partition coefficient (Wildman–Crippen LogP) is 6.44. The van der Waals surface area contributed by atoms with Crippen LogP contribution in [-0.2, 0) is 12.8 Å². The number of carbonyl (C=O) groups is 2. The van der Waals surface area contributed by atoms with E-state index in [4.69, 9.17) is 0 Å². The maximum absolute atomic E-state index is 12.7. The van der Waals surface area contributed by atoms with Gasteiger partial charge in [-0.05, 0) is 83.9 Å². The summed E-state index contributed by atoms with van der Waals surface area (Å²) in [7, 11) is 9.95. The minimum absolute atomic E-state index is 0.107. The summed E-state index contributed by atoms with van der Waals surface area (Å²) < 4.78 is 0. The number of hydrogen-bond acceptors (Lipinski definition) is 5. The molecule has 0 aromatic heterocycles. The van der Waals surface area contributed by atoms with Crippen LogP contribution in [0.2, 0.25) is 0 Å². The second kappa shape index (κ2) is 11.8. The van der Waals surface area contributed by atoms with Crippen LogP contribution in [0.4, 0.5) is 22.7 Å². The summed E-state index contributed by atoms with van der Waals surface area (Å²) in [5.74, 6) is 0.213. The molecule has 194 valence electrons. The Bertz CT molecular complexity index is 1260. The van der Waals surface area contributed by atoms with Gasteiger partial charge in [0.1, 0.15) is 0 Å². The molecule has 0 amide bonds. The van der Waals surface area contributed by atoms with Crippen LogP contribution in [0.3, 0.4) is 0 Å². The monoisotopic (exact) mass is 505 g/mol. The van der Waals surface area contributed by atoms with Gasteiger partial charge in [-0.2, -0.15) is 0 Å². The fourth-order valence-corrected chi connectivity index (χ4v) is 4.29. The number of benzene rings is 4. The van der Waals surface area contributed by atoms with Crippen LogP contribution >= 0.6 is 0 Å². The van der Waals surface area contributed by atoms with Gasteiger partial charge in [0.2, 0.25) is 0 Å². The molecular weight excluding hydrogens is 470 g/mol. The summed E-state index contributed by atoms with van der Waals surface area (Å²) in [6.45, 7) is 0. The van der Waals surface area contributed by atoms with Crippen molar-refractivity contribution in [2.45, 2.75) is 12.8 Å². The molecule has 4 rings (SSSR count). The fraction of sp³-hybridized carbons (Fsp3) is 0.212. The molecule has 0 radical (unpaired) electrons. The van der Waals surface area contributed by atoms with Crippen molar-refractivity contribution in [1.82, 2.24) is 0 Å². The molecule has 0 N–H and O–H groups in total. The topological polar surface area (TPSA) is 43.9 Å². The van der Waals surface area contributed by atoms with Crippen molar-refractivity contribution >= 4 is 34.3 Å². The van der Waals surface area contributed by atoms with Crippen molar-refractivity contribution < 1.29 is 9.59 Å². The number of Topliss-reactive ketones (excluding diaryl/α,β-unsaturated/α-hetero) is 2. The molecule has 0 aliphatic rings. The Morgan fingerprint density at radius 1 is 0.447 bits per heavy atom. The second-order valence-corrected chi connectivity index (χ2v) is 9.97. The first-order valence-electron chi connectivity index (χ1n) is 12.7. The third-order valence-corrected chi connectivity index (χ3v) is 6.79. The average Bonchev–Trinajstić information content (AvgIpc) is 2.93. The minimum atomic E-state index is 0.107. The summed E-state index contributed by atoms with van der Waals surface area (Å²) in [4.78, 5) is 31.6. The SMILES string of the molecule is CN(C)c1ccc(C(=O)Cc2ccc(N(C)c3ccc(CC(=O)c4ccc(N(C)C)cc4)cc3)cc2)cc1. The molecule has 0 saturated carbocycles. The van der Waals surface area contributed by atoms with Crippen LogP contribution < -0.4 is 14.7 Å². The van der Waals surface area contributed by atoms with Crippen LogP contribution in [0.15, 0.2) is 97.1 Å². The predicted molar refractivity (Wildman–Crippen MR) is 159 cm³/mol. The highest BCUT2D eigenvalue weighted by Crippen LogP contribution is 2.25. The van der Waals surface area contributed by atoms with Crippen molar-refractivity contribution in [2.24, 2.45) is 0 Å². The highest BCUT2D eigenvalue weighted by Gasteiger charge is 2.11. The normalized spacial score (nSPS) is 10.7. The molecule has 0 saturated heterocycles. The smallest absolute Gasteiger partial charge is 0.167 e. The molecule has 0 heterocycles. The summed E-state index contributed by atoms with van der Waals surface area (Å²) in [6.07, 6.45) is 0.734. The number of hydrogen-bond donors (Lipinski definition) is 0. The van der Waals surface area contributed by atoms with Crippen molar-refractivity contribution in [1.29, 1.82) is 0 Å².